The maximum absolute atomic E-state index is 4.45. The lowest BCUT2D eigenvalue weighted by Crippen LogP contribution is -2.11. The maximum Gasteiger partial charge on any atom is 0.109 e. The molecule has 2 aromatic rings. The molecule has 1 aliphatic rings. The predicted molar refractivity (Wildman–Crippen MR) is 69.0 cm³/mol. The summed E-state index contributed by atoms with van der Waals surface area (Å²) in [7, 11) is 0. The van der Waals surface area contributed by atoms with Crippen molar-refractivity contribution in [1.82, 2.24) is 25.3 Å². The maximum atomic E-state index is 4.45. The van der Waals surface area contributed by atoms with Crippen molar-refractivity contribution in [1.29, 1.82) is 0 Å². The van der Waals surface area contributed by atoms with Crippen LogP contribution in [0.15, 0.2) is 18.6 Å². The fourth-order valence-corrected chi connectivity index (χ4v) is 2.42. The van der Waals surface area contributed by atoms with E-state index >= 15 is 0 Å². The van der Waals surface area contributed by atoms with E-state index in [-0.39, 0.29) is 0 Å². The number of H-pyrrole nitrogens is 1. The minimum absolute atomic E-state index is 0.701. The Kier molecular flexibility index (Phi) is 3.06. The summed E-state index contributed by atoms with van der Waals surface area (Å²) >= 11 is 0. The highest BCUT2D eigenvalue weighted by molar-refractivity contribution is 5.55. The topological polar surface area (TPSA) is 66.5 Å². The van der Waals surface area contributed by atoms with E-state index in [0.717, 1.165) is 42.4 Å². The fourth-order valence-electron chi connectivity index (χ4n) is 2.42. The van der Waals surface area contributed by atoms with Crippen LogP contribution in [-0.2, 0) is 6.42 Å². The molecule has 5 heteroatoms. The number of aromatic nitrogens is 4. The molecule has 0 saturated carbocycles. The van der Waals surface area contributed by atoms with E-state index in [1.165, 1.54) is 6.42 Å². The first-order chi connectivity index (χ1) is 8.83. The van der Waals surface area contributed by atoms with E-state index in [9.17, 15) is 0 Å². The van der Waals surface area contributed by atoms with E-state index in [0.29, 0.717) is 5.92 Å². The van der Waals surface area contributed by atoms with Gasteiger partial charge < -0.3 is 10.3 Å². The summed E-state index contributed by atoms with van der Waals surface area (Å²) in [5, 5.41) is 3.38. The summed E-state index contributed by atoms with van der Waals surface area (Å²) in [5.41, 5.74) is 2.78. The average Bonchev–Trinajstić information content (AvgIpc) is 3.02. The quantitative estimate of drug-likeness (QED) is 0.853. The van der Waals surface area contributed by atoms with Gasteiger partial charge in [-0.25, -0.2) is 4.98 Å². The summed E-state index contributed by atoms with van der Waals surface area (Å²) < 4.78 is 0. The lowest BCUT2D eigenvalue weighted by Gasteiger charge is -2.04. The Morgan fingerprint density at radius 1 is 1.28 bits per heavy atom. The molecule has 1 saturated heterocycles. The molecule has 0 aromatic carbocycles. The van der Waals surface area contributed by atoms with Gasteiger partial charge in [0.1, 0.15) is 11.5 Å². The van der Waals surface area contributed by atoms with E-state index in [1.54, 1.807) is 12.4 Å². The molecule has 0 radical (unpaired) electrons. The van der Waals surface area contributed by atoms with E-state index in [2.05, 4.69) is 25.3 Å². The summed E-state index contributed by atoms with van der Waals surface area (Å²) in [5.74, 6) is 1.75. The first-order valence-corrected chi connectivity index (χ1v) is 6.35. The second-order valence-corrected chi connectivity index (χ2v) is 4.80. The first-order valence-electron chi connectivity index (χ1n) is 6.35. The molecule has 0 amide bonds. The van der Waals surface area contributed by atoms with Gasteiger partial charge in [0.15, 0.2) is 0 Å². The molecule has 1 unspecified atom stereocenters. The zero-order valence-corrected chi connectivity index (χ0v) is 10.5. The third kappa shape index (κ3) is 2.26. The molecule has 3 heterocycles. The number of hydrogen-bond acceptors (Lipinski definition) is 4. The highest BCUT2D eigenvalue weighted by Gasteiger charge is 2.17. The van der Waals surface area contributed by atoms with Gasteiger partial charge in [-0.05, 0) is 32.4 Å². The van der Waals surface area contributed by atoms with Gasteiger partial charge >= 0.3 is 0 Å². The van der Waals surface area contributed by atoms with Crippen molar-refractivity contribution in [3.63, 3.8) is 0 Å². The third-order valence-corrected chi connectivity index (χ3v) is 3.41. The molecule has 18 heavy (non-hydrogen) atoms. The fraction of sp³-hybridized carbons (Fsp3) is 0.462. The summed E-state index contributed by atoms with van der Waals surface area (Å²) in [4.78, 5) is 16.4. The van der Waals surface area contributed by atoms with Crippen molar-refractivity contribution in [3.05, 3.63) is 30.1 Å². The molecule has 2 aromatic heterocycles. The van der Waals surface area contributed by atoms with Crippen LogP contribution in [0.4, 0.5) is 0 Å². The number of imidazole rings is 1. The molecule has 5 nitrogen and oxygen atoms in total. The SMILES string of the molecule is Cc1nccnc1-c1cnc(CC2CCNC2)[nH]1. The van der Waals surface area contributed by atoms with Gasteiger partial charge in [0.25, 0.3) is 0 Å². The van der Waals surface area contributed by atoms with Crippen LogP contribution in [0.2, 0.25) is 0 Å². The van der Waals surface area contributed by atoms with E-state index < -0.39 is 0 Å². The highest BCUT2D eigenvalue weighted by atomic mass is 15.0. The van der Waals surface area contributed by atoms with Crippen LogP contribution >= 0.6 is 0 Å². The van der Waals surface area contributed by atoms with Crippen LogP contribution in [0.1, 0.15) is 17.9 Å². The van der Waals surface area contributed by atoms with E-state index in [1.807, 2.05) is 13.1 Å². The zero-order chi connectivity index (χ0) is 12.4. The van der Waals surface area contributed by atoms with Gasteiger partial charge in [-0.15, -0.1) is 0 Å². The highest BCUT2D eigenvalue weighted by Crippen LogP contribution is 2.19. The Hall–Kier alpha value is -1.75. The largest absolute Gasteiger partial charge is 0.341 e. The molecule has 1 aliphatic heterocycles. The summed E-state index contributed by atoms with van der Waals surface area (Å²) in [6, 6.07) is 0. The molecule has 94 valence electrons. The smallest absolute Gasteiger partial charge is 0.109 e. The Morgan fingerprint density at radius 2 is 2.17 bits per heavy atom. The Bertz CT molecular complexity index is 528. The predicted octanol–water partition coefficient (Wildman–Crippen LogP) is 1.33. The number of hydrogen-bond donors (Lipinski definition) is 2. The van der Waals surface area contributed by atoms with Crippen LogP contribution in [0.25, 0.3) is 11.4 Å². The van der Waals surface area contributed by atoms with Crippen molar-refractivity contribution in [2.75, 3.05) is 13.1 Å². The molecule has 3 rings (SSSR count). The minimum atomic E-state index is 0.701. The molecule has 1 fully saturated rings. The van der Waals surface area contributed by atoms with Crippen molar-refractivity contribution in [2.24, 2.45) is 5.92 Å². The molecule has 0 spiro atoms. The lowest BCUT2D eigenvalue weighted by atomic mass is 10.1. The molecule has 2 N–H and O–H groups in total. The monoisotopic (exact) mass is 243 g/mol. The molecule has 0 bridgehead atoms. The van der Waals surface area contributed by atoms with Crippen molar-refractivity contribution < 1.29 is 0 Å². The van der Waals surface area contributed by atoms with Gasteiger partial charge in [0.05, 0.1) is 17.6 Å². The number of nitrogens with zero attached hydrogens (tertiary/aromatic N) is 3. The van der Waals surface area contributed by atoms with Crippen LogP contribution in [0.3, 0.4) is 0 Å². The minimum Gasteiger partial charge on any atom is -0.341 e. The van der Waals surface area contributed by atoms with E-state index in [4.69, 9.17) is 0 Å². The van der Waals surface area contributed by atoms with Gasteiger partial charge in [-0.1, -0.05) is 0 Å². The molecular weight excluding hydrogens is 226 g/mol. The standard InChI is InChI=1S/C13H17N5/c1-9-13(16-5-4-15-9)11-8-17-12(18-11)6-10-2-3-14-7-10/h4-5,8,10,14H,2-3,6-7H2,1H3,(H,17,18). The Morgan fingerprint density at radius 3 is 2.94 bits per heavy atom. The normalized spacial score (nSPS) is 19.3. The van der Waals surface area contributed by atoms with Gasteiger partial charge in [0, 0.05) is 18.8 Å². The van der Waals surface area contributed by atoms with Gasteiger partial charge in [-0.2, -0.15) is 0 Å². The average molecular weight is 243 g/mol. The second kappa shape index (κ2) is 4.86. The summed E-state index contributed by atoms with van der Waals surface area (Å²) in [6.07, 6.45) is 7.52. The van der Waals surface area contributed by atoms with Gasteiger partial charge in [0.2, 0.25) is 0 Å². The van der Waals surface area contributed by atoms with Crippen LogP contribution in [0, 0.1) is 12.8 Å². The van der Waals surface area contributed by atoms with Crippen molar-refractivity contribution in [3.8, 4) is 11.4 Å². The first kappa shape index (κ1) is 11.3. The number of aryl methyl sites for hydroxylation is 1. The van der Waals surface area contributed by atoms with Crippen LogP contribution in [0.5, 0.6) is 0 Å². The molecule has 1 atom stereocenters. The molecule has 0 aliphatic carbocycles. The summed E-state index contributed by atoms with van der Waals surface area (Å²) in [6.45, 7) is 4.19. The Balaban J connectivity index is 1.79. The third-order valence-electron chi connectivity index (χ3n) is 3.41. The number of rotatable bonds is 3. The van der Waals surface area contributed by atoms with Crippen molar-refractivity contribution >= 4 is 0 Å². The lowest BCUT2D eigenvalue weighted by molar-refractivity contribution is 0.565. The number of aromatic amines is 1. The number of nitrogens with one attached hydrogen (secondary N) is 2. The zero-order valence-electron chi connectivity index (χ0n) is 10.5. The molecular formula is C13H17N5. The second-order valence-electron chi connectivity index (χ2n) is 4.80. The van der Waals surface area contributed by atoms with Crippen LogP contribution in [-0.4, -0.2) is 33.0 Å². The van der Waals surface area contributed by atoms with Crippen molar-refractivity contribution in [2.45, 2.75) is 19.8 Å². The van der Waals surface area contributed by atoms with Crippen LogP contribution < -0.4 is 5.32 Å². The van der Waals surface area contributed by atoms with Gasteiger partial charge in [-0.3, -0.25) is 9.97 Å². The Labute approximate surface area is 106 Å².